The first-order valence-corrected chi connectivity index (χ1v) is 8.65. The second kappa shape index (κ2) is 14.6. The van der Waals surface area contributed by atoms with Gasteiger partial charge in [-0.2, -0.15) is 0 Å². The van der Waals surface area contributed by atoms with E-state index in [9.17, 15) is 9.59 Å². The van der Waals surface area contributed by atoms with Gasteiger partial charge in [0.2, 0.25) is 0 Å². The topological polar surface area (TPSA) is 150 Å². The molecule has 1 rings (SSSR count). The minimum absolute atomic E-state index is 0.293. The molecule has 0 bridgehead atoms. The summed E-state index contributed by atoms with van der Waals surface area (Å²) >= 11 is 0. The third kappa shape index (κ3) is 14.9. The molecular formula is C17H27N3O6. The molecule has 3 N–H and O–H groups in total. The molecule has 1 aromatic heterocycles. The zero-order chi connectivity index (χ0) is 19.8. The van der Waals surface area contributed by atoms with Crippen LogP contribution in [0.3, 0.4) is 0 Å². The number of unbranched alkanes of at least 4 members (excludes halogenated alkanes) is 7. The number of aliphatic carboxylic acids is 1. The van der Waals surface area contributed by atoms with E-state index in [1.165, 1.54) is 25.7 Å². The molecule has 0 aliphatic heterocycles. The smallest absolute Gasteiger partial charge is 0.303 e. The first-order valence-electron chi connectivity index (χ1n) is 8.65. The summed E-state index contributed by atoms with van der Waals surface area (Å²) in [5.41, 5.74) is 5.80. The predicted molar refractivity (Wildman–Crippen MR) is 94.7 cm³/mol. The predicted octanol–water partition coefficient (Wildman–Crippen LogP) is 2.43. The SMILES string of the molecule is NC(=O)c1ccc[n+](CCCCCCCCCCC(=O)O)c1.O=[N+]([O-])[O-]. The summed E-state index contributed by atoms with van der Waals surface area (Å²) in [4.78, 5) is 29.7. The Bertz CT molecular complexity index is 561. The van der Waals surface area contributed by atoms with Gasteiger partial charge in [0, 0.05) is 18.9 Å². The van der Waals surface area contributed by atoms with Crippen LogP contribution in [0, 0.1) is 15.3 Å². The Morgan fingerprint density at radius 2 is 1.54 bits per heavy atom. The molecule has 1 amide bonds. The molecule has 0 aliphatic carbocycles. The molecule has 9 nitrogen and oxygen atoms in total. The first-order chi connectivity index (χ1) is 12.3. The highest BCUT2D eigenvalue weighted by Crippen LogP contribution is 2.09. The van der Waals surface area contributed by atoms with Gasteiger partial charge in [-0.05, 0) is 18.9 Å². The molecule has 0 saturated heterocycles. The van der Waals surface area contributed by atoms with E-state index >= 15 is 0 Å². The molecule has 0 radical (unpaired) electrons. The van der Waals surface area contributed by atoms with E-state index in [0.29, 0.717) is 12.0 Å². The molecule has 146 valence electrons. The second-order valence-electron chi connectivity index (χ2n) is 5.89. The minimum atomic E-state index is -1.75. The van der Waals surface area contributed by atoms with Crippen molar-refractivity contribution in [2.75, 3.05) is 0 Å². The maximum Gasteiger partial charge on any atom is 0.303 e. The number of primary amides is 1. The maximum absolute atomic E-state index is 11.1. The molecule has 1 heterocycles. The van der Waals surface area contributed by atoms with Gasteiger partial charge < -0.3 is 26.2 Å². The number of hydrogen-bond donors (Lipinski definition) is 2. The quantitative estimate of drug-likeness (QED) is 0.250. The number of carboxylic acids is 1. The number of hydrogen-bond acceptors (Lipinski definition) is 5. The number of rotatable bonds is 12. The maximum atomic E-state index is 11.1. The lowest BCUT2D eigenvalue weighted by atomic mass is 10.1. The fraction of sp³-hybridized carbons (Fsp3) is 0.588. The summed E-state index contributed by atoms with van der Waals surface area (Å²) in [6.07, 6.45) is 12.8. The summed E-state index contributed by atoms with van der Waals surface area (Å²) in [6, 6.07) is 3.57. The van der Waals surface area contributed by atoms with Crippen LogP contribution in [0.4, 0.5) is 0 Å². The molecule has 1 aromatic rings. The minimum Gasteiger partial charge on any atom is -0.481 e. The molecule has 0 fully saturated rings. The highest BCUT2D eigenvalue weighted by molar-refractivity contribution is 5.92. The van der Waals surface area contributed by atoms with Crippen LogP contribution in [0.15, 0.2) is 24.5 Å². The van der Waals surface area contributed by atoms with Crippen molar-refractivity contribution in [2.45, 2.75) is 64.3 Å². The van der Waals surface area contributed by atoms with E-state index in [-0.39, 0.29) is 0 Å². The van der Waals surface area contributed by atoms with Gasteiger partial charge in [-0.25, -0.2) is 4.57 Å². The average Bonchev–Trinajstić information content (AvgIpc) is 2.56. The summed E-state index contributed by atoms with van der Waals surface area (Å²) < 4.78 is 2.01. The number of carboxylic acid groups (broad SMARTS) is 1. The van der Waals surface area contributed by atoms with E-state index in [1.807, 2.05) is 16.8 Å². The van der Waals surface area contributed by atoms with E-state index in [0.717, 1.165) is 32.2 Å². The van der Waals surface area contributed by atoms with E-state index < -0.39 is 17.0 Å². The number of aromatic nitrogens is 1. The molecule has 0 aliphatic rings. The molecule has 0 aromatic carbocycles. The van der Waals surface area contributed by atoms with Gasteiger partial charge in [-0.15, -0.1) is 0 Å². The van der Waals surface area contributed by atoms with Crippen LogP contribution >= 0.6 is 0 Å². The van der Waals surface area contributed by atoms with Crippen LogP contribution in [0.25, 0.3) is 0 Å². The van der Waals surface area contributed by atoms with Gasteiger partial charge >= 0.3 is 5.97 Å². The van der Waals surface area contributed by atoms with Crippen molar-refractivity contribution in [3.05, 3.63) is 45.4 Å². The van der Waals surface area contributed by atoms with Crippen molar-refractivity contribution < 1.29 is 24.3 Å². The summed E-state index contributed by atoms with van der Waals surface area (Å²) in [5, 5.41) is 23.3. The van der Waals surface area contributed by atoms with Crippen molar-refractivity contribution in [1.29, 1.82) is 0 Å². The standard InChI is InChI=1S/C17H26N2O3.NO3/c18-17(22)15-10-9-13-19(14-15)12-8-6-4-2-1-3-5-7-11-16(20)21;2-1(3)4/h9-10,13-14H,1-8,11-12H2,(H2-,18,20,21,22);/q;-1/p+1. The fourth-order valence-corrected chi connectivity index (χ4v) is 2.44. The highest BCUT2D eigenvalue weighted by atomic mass is 16.9. The monoisotopic (exact) mass is 369 g/mol. The van der Waals surface area contributed by atoms with Crippen LogP contribution in [0.1, 0.15) is 68.1 Å². The second-order valence-corrected chi connectivity index (χ2v) is 5.89. The van der Waals surface area contributed by atoms with Gasteiger partial charge in [0.25, 0.3) is 5.91 Å². The summed E-state index contributed by atoms with van der Waals surface area (Å²) in [5.74, 6) is -1.09. The van der Waals surface area contributed by atoms with Gasteiger partial charge in [0.1, 0.15) is 12.1 Å². The molecule has 0 saturated carbocycles. The van der Waals surface area contributed by atoms with Gasteiger partial charge in [-0.3, -0.25) is 9.59 Å². The van der Waals surface area contributed by atoms with Crippen LogP contribution in [-0.2, 0) is 11.3 Å². The third-order valence-corrected chi connectivity index (χ3v) is 3.70. The van der Waals surface area contributed by atoms with Crippen molar-refractivity contribution >= 4 is 11.9 Å². The van der Waals surface area contributed by atoms with Crippen LogP contribution < -0.4 is 10.3 Å². The first kappa shape index (κ1) is 23.3. The van der Waals surface area contributed by atoms with Crippen LogP contribution in [0.2, 0.25) is 0 Å². The number of aryl methyl sites for hydroxylation is 1. The zero-order valence-electron chi connectivity index (χ0n) is 14.8. The van der Waals surface area contributed by atoms with Crippen molar-refractivity contribution in [2.24, 2.45) is 5.73 Å². The number of carbonyl (C=O) groups excluding carboxylic acids is 1. The summed E-state index contributed by atoms with van der Waals surface area (Å²) in [6.45, 7) is 0.903. The Morgan fingerprint density at radius 3 is 2.04 bits per heavy atom. The highest BCUT2D eigenvalue weighted by Gasteiger charge is 2.06. The van der Waals surface area contributed by atoms with Crippen LogP contribution in [0.5, 0.6) is 0 Å². The summed E-state index contributed by atoms with van der Waals surface area (Å²) in [7, 11) is 0. The number of carbonyl (C=O) groups is 2. The largest absolute Gasteiger partial charge is 0.481 e. The number of nitrogens with two attached hydrogens (primary N) is 1. The lowest BCUT2D eigenvalue weighted by Crippen LogP contribution is -2.34. The van der Waals surface area contributed by atoms with Crippen molar-refractivity contribution in [3.8, 4) is 0 Å². The number of amides is 1. The van der Waals surface area contributed by atoms with Crippen molar-refractivity contribution in [3.63, 3.8) is 0 Å². The molecule has 0 spiro atoms. The molecule has 26 heavy (non-hydrogen) atoms. The lowest BCUT2D eigenvalue weighted by Gasteiger charge is -2.01. The normalized spacial score (nSPS) is 9.85. The van der Waals surface area contributed by atoms with Gasteiger partial charge in [0.15, 0.2) is 12.4 Å². The van der Waals surface area contributed by atoms with E-state index in [2.05, 4.69) is 0 Å². The van der Waals surface area contributed by atoms with Crippen molar-refractivity contribution in [1.82, 2.24) is 0 Å². The molecule has 0 atom stereocenters. The third-order valence-electron chi connectivity index (χ3n) is 3.70. The Hall–Kier alpha value is -2.71. The Morgan fingerprint density at radius 1 is 1.04 bits per heavy atom. The lowest BCUT2D eigenvalue weighted by molar-refractivity contribution is -0.697. The Labute approximate surface area is 152 Å². The molecule has 9 heteroatoms. The number of nitrogens with zero attached hydrogens (tertiary/aromatic N) is 2. The van der Waals surface area contributed by atoms with Gasteiger partial charge in [0.05, 0.1) is 5.09 Å². The average molecular weight is 369 g/mol. The number of pyridine rings is 1. The zero-order valence-corrected chi connectivity index (χ0v) is 14.8. The van der Waals surface area contributed by atoms with E-state index in [1.54, 1.807) is 12.3 Å². The Balaban J connectivity index is 0.00000141. The Kier molecular flexibility index (Phi) is 13.1. The van der Waals surface area contributed by atoms with Gasteiger partial charge in [-0.1, -0.05) is 32.1 Å². The van der Waals surface area contributed by atoms with E-state index in [4.69, 9.17) is 26.2 Å². The molecular weight excluding hydrogens is 342 g/mol. The van der Waals surface area contributed by atoms with Crippen LogP contribution in [-0.4, -0.2) is 22.1 Å². The fourth-order valence-electron chi connectivity index (χ4n) is 2.44. The molecule has 0 unspecified atom stereocenters.